The Labute approximate surface area is 162 Å². The second kappa shape index (κ2) is 7.67. The minimum absolute atomic E-state index is 0.112. The lowest BCUT2D eigenvalue weighted by Gasteiger charge is -2.46. The quantitative estimate of drug-likeness (QED) is 0.734. The first-order chi connectivity index (χ1) is 13.2. The van der Waals surface area contributed by atoms with Crippen molar-refractivity contribution in [3.8, 4) is 0 Å². The lowest BCUT2D eigenvalue weighted by molar-refractivity contribution is -0.0229. The minimum atomic E-state index is -1.01. The van der Waals surface area contributed by atoms with Crippen LogP contribution in [0.2, 0.25) is 0 Å². The number of hydrogen-bond donors (Lipinski definition) is 1. The highest BCUT2D eigenvalue weighted by molar-refractivity contribution is 5.39. The van der Waals surface area contributed by atoms with Gasteiger partial charge in [-0.25, -0.2) is 0 Å². The van der Waals surface area contributed by atoms with Gasteiger partial charge in [-0.1, -0.05) is 91.0 Å². The fourth-order valence-corrected chi connectivity index (χ4v) is 4.63. The van der Waals surface area contributed by atoms with E-state index in [4.69, 9.17) is 0 Å². The number of rotatable bonds is 4. The van der Waals surface area contributed by atoms with Crippen molar-refractivity contribution in [2.75, 3.05) is 20.1 Å². The van der Waals surface area contributed by atoms with E-state index in [9.17, 15) is 5.11 Å². The molecule has 2 atom stereocenters. The van der Waals surface area contributed by atoms with Gasteiger partial charge in [0.05, 0.1) is 0 Å². The van der Waals surface area contributed by atoms with Crippen LogP contribution in [0, 0.1) is 5.92 Å². The van der Waals surface area contributed by atoms with E-state index in [1.165, 1.54) is 5.56 Å². The van der Waals surface area contributed by atoms with Crippen LogP contribution in [0.1, 0.15) is 29.0 Å². The predicted molar refractivity (Wildman–Crippen MR) is 111 cm³/mol. The van der Waals surface area contributed by atoms with E-state index in [-0.39, 0.29) is 11.8 Å². The average molecular weight is 357 g/mol. The molecule has 0 saturated carbocycles. The molecule has 0 bridgehead atoms. The smallest absolute Gasteiger partial charge is 0.118 e. The molecule has 0 aliphatic carbocycles. The maximum absolute atomic E-state index is 12.3. The number of hydrogen-bond acceptors (Lipinski definition) is 2. The van der Waals surface area contributed by atoms with E-state index in [2.05, 4.69) is 66.5 Å². The summed E-state index contributed by atoms with van der Waals surface area (Å²) >= 11 is 0. The zero-order valence-electron chi connectivity index (χ0n) is 15.8. The molecule has 3 aromatic rings. The molecule has 4 rings (SSSR count). The van der Waals surface area contributed by atoms with Crippen molar-refractivity contribution in [1.29, 1.82) is 0 Å². The Balaban J connectivity index is 1.85. The summed E-state index contributed by atoms with van der Waals surface area (Å²) in [5, 5.41) is 12.3. The van der Waals surface area contributed by atoms with E-state index in [1.54, 1.807) is 0 Å². The zero-order valence-corrected chi connectivity index (χ0v) is 15.8. The molecule has 1 fully saturated rings. The van der Waals surface area contributed by atoms with Gasteiger partial charge < -0.3 is 10.0 Å². The summed E-state index contributed by atoms with van der Waals surface area (Å²) in [5.41, 5.74) is 2.25. The molecule has 1 aliphatic heterocycles. The number of likely N-dealkylation sites (N-methyl/N-ethyl adjacent to an activating group) is 1. The molecule has 0 spiro atoms. The van der Waals surface area contributed by atoms with Gasteiger partial charge in [-0.15, -0.1) is 0 Å². The fraction of sp³-hybridized carbons (Fsp3) is 0.280. The maximum Gasteiger partial charge on any atom is 0.118 e. The molecule has 3 aromatic carbocycles. The molecular weight excluding hydrogens is 330 g/mol. The standard InChI is InChI=1S/C25H27NO/c1-26-18-17-24(23(19-26)20-11-5-2-6-12-20)25(27,21-13-7-3-8-14-21)22-15-9-4-10-16-22/h2-16,23-24,27H,17-19H2,1H3/t23-,24-/m1/s1. The summed E-state index contributed by atoms with van der Waals surface area (Å²) in [7, 11) is 2.18. The van der Waals surface area contributed by atoms with Crippen molar-refractivity contribution < 1.29 is 5.11 Å². The van der Waals surface area contributed by atoms with Crippen LogP contribution in [0.4, 0.5) is 0 Å². The van der Waals surface area contributed by atoms with Gasteiger partial charge in [0.1, 0.15) is 5.60 Å². The van der Waals surface area contributed by atoms with Gasteiger partial charge in [-0.2, -0.15) is 0 Å². The first kappa shape index (κ1) is 18.0. The summed E-state index contributed by atoms with van der Waals surface area (Å²) < 4.78 is 0. The Bertz CT molecular complexity index is 808. The fourth-order valence-electron chi connectivity index (χ4n) is 4.63. The van der Waals surface area contributed by atoms with Crippen LogP contribution in [-0.2, 0) is 5.60 Å². The first-order valence-electron chi connectivity index (χ1n) is 9.76. The number of nitrogens with zero attached hydrogens (tertiary/aromatic N) is 1. The molecule has 0 aromatic heterocycles. The van der Waals surface area contributed by atoms with Gasteiger partial charge in [0.15, 0.2) is 0 Å². The largest absolute Gasteiger partial charge is 0.380 e. The average Bonchev–Trinajstić information content (AvgIpc) is 2.75. The Morgan fingerprint density at radius 1 is 0.778 bits per heavy atom. The van der Waals surface area contributed by atoms with Crippen molar-refractivity contribution in [2.45, 2.75) is 17.9 Å². The second-order valence-electron chi connectivity index (χ2n) is 7.67. The first-order valence-corrected chi connectivity index (χ1v) is 9.76. The molecule has 138 valence electrons. The Hall–Kier alpha value is -2.42. The summed E-state index contributed by atoms with van der Waals surface area (Å²) in [5.74, 6) is 0.385. The van der Waals surface area contributed by atoms with E-state index in [0.717, 1.165) is 30.6 Å². The number of benzene rings is 3. The lowest BCUT2D eigenvalue weighted by Crippen LogP contribution is -2.47. The Kier molecular flexibility index (Phi) is 5.11. The van der Waals surface area contributed by atoms with Crippen LogP contribution in [0.5, 0.6) is 0 Å². The lowest BCUT2D eigenvalue weighted by atomic mass is 9.66. The minimum Gasteiger partial charge on any atom is -0.380 e. The molecule has 1 saturated heterocycles. The molecule has 27 heavy (non-hydrogen) atoms. The molecular formula is C25H27NO. The van der Waals surface area contributed by atoms with E-state index in [0.29, 0.717) is 0 Å². The Morgan fingerprint density at radius 3 is 1.78 bits per heavy atom. The zero-order chi connectivity index (χ0) is 18.7. The van der Waals surface area contributed by atoms with Crippen molar-refractivity contribution >= 4 is 0 Å². The van der Waals surface area contributed by atoms with E-state index >= 15 is 0 Å². The van der Waals surface area contributed by atoms with Crippen LogP contribution in [0.3, 0.4) is 0 Å². The summed E-state index contributed by atoms with van der Waals surface area (Å²) in [6.07, 6.45) is 0.955. The molecule has 1 N–H and O–H groups in total. The van der Waals surface area contributed by atoms with Crippen molar-refractivity contribution in [1.82, 2.24) is 4.90 Å². The Morgan fingerprint density at radius 2 is 1.26 bits per heavy atom. The van der Waals surface area contributed by atoms with Crippen LogP contribution >= 0.6 is 0 Å². The van der Waals surface area contributed by atoms with Gasteiger partial charge in [0.2, 0.25) is 0 Å². The third-order valence-corrected chi connectivity index (χ3v) is 6.01. The molecule has 1 heterocycles. The predicted octanol–water partition coefficient (Wildman–Crippen LogP) is 4.66. The molecule has 2 heteroatoms. The highest BCUT2D eigenvalue weighted by atomic mass is 16.3. The van der Waals surface area contributed by atoms with E-state index < -0.39 is 5.60 Å². The summed E-state index contributed by atoms with van der Waals surface area (Å²) in [4.78, 5) is 2.38. The molecule has 1 aliphatic rings. The van der Waals surface area contributed by atoms with Gasteiger partial charge in [-0.05, 0) is 36.7 Å². The van der Waals surface area contributed by atoms with Gasteiger partial charge in [0, 0.05) is 18.4 Å². The summed E-state index contributed by atoms with van der Waals surface area (Å²) in [6, 6.07) is 31.0. The van der Waals surface area contributed by atoms with Crippen LogP contribution in [0.15, 0.2) is 91.0 Å². The van der Waals surface area contributed by atoms with E-state index in [1.807, 2.05) is 36.4 Å². The number of likely N-dealkylation sites (tertiary alicyclic amines) is 1. The highest BCUT2D eigenvalue weighted by Gasteiger charge is 2.46. The third-order valence-electron chi connectivity index (χ3n) is 6.01. The van der Waals surface area contributed by atoms with Crippen molar-refractivity contribution in [3.05, 3.63) is 108 Å². The van der Waals surface area contributed by atoms with Crippen molar-refractivity contribution in [3.63, 3.8) is 0 Å². The molecule has 0 unspecified atom stereocenters. The maximum atomic E-state index is 12.3. The molecule has 0 radical (unpaired) electrons. The van der Waals surface area contributed by atoms with Crippen LogP contribution in [-0.4, -0.2) is 30.1 Å². The van der Waals surface area contributed by atoms with Gasteiger partial charge in [-0.3, -0.25) is 0 Å². The number of piperidine rings is 1. The van der Waals surface area contributed by atoms with Gasteiger partial charge >= 0.3 is 0 Å². The third kappa shape index (κ3) is 3.43. The SMILES string of the molecule is CN1CC[C@@H](C(O)(c2ccccc2)c2ccccc2)[C@@H](c2ccccc2)C1. The normalized spacial score (nSPS) is 21.1. The summed E-state index contributed by atoms with van der Waals surface area (Å²) in [6.45, 7) is 1.95. The number of aliphatic hydroxyl groups is 1. The second-order valence-corrected chi connectivity index (χ2v) is 7.67. The monoisotopic (exact) mass is 357 g/mol. The topological polar surface area (TPSA) is 23.5 Å². The highest BCUT2D eigenvalue weighted by Crippen LogP contribution is 2.47. The molecule has 2 nitrogen and oxygen atoms in total. The van der Waals surface area contributed by atoms with Crippen LogP contribution in [0.25, 0.3) is 0 Å². The molecule has 0 amide bonds. The van der Waals surface area contributed by atoms with Gasteiger partial charge in [0.25, 0.3) is 0 Å². The van der Waals surface area contributed by atoms with Crippen molar-refractivity contribution in [2.24, 2.45) is 5.92 Å². The van der Waals surface area contributed by atoms with Crippen LogP contribution < -0.4 is 0 Å².